The van der Waals surface area contributed by atoms with Crippen LogP contribution in [0.3, 0.4) is 0 Å². The Hall–Kier alpha value is -1.26. The van der Waals surface area contributed by atoms with Crippen LogP contribution in [0.15, 0.2) is 34.8 Å². The van der Waals surface area contributed by atoms with E-state index < -0.39 is 11.6 Å². The van der Waals surface area contributed by atoms with Crippen molar-refractivity contribution in [1.82, 2.24) is 5.32 Å². The first-order chi connectivity index (χ1) is 9.43. The lowest BCUT2D eigenvalue weighted by Gasteiger charge is -2.20. The van der Waals surface area contributed by atoms with Crippen molar-refractivity contribution < 1.29 is 8.78 Å². The fourth-order valence-electron chi connectivity index (χ4n) is 2.25. The second-order valence-electron chi connectivity index (χ2n) is 4.87. The molecule has 0 saturated heterocycles. The molecule has 0 radical (unpaired) electrons. The number of hydrogen-bond donors (Lipinski definition) is 1. The lowest BCUT2D eigenvalue weighted by Crippen LogP contribution is -2.20. The molecule has 0 aliphatic rings. The topological polar surface area (TPSA) is 12.0 Å². The predicted octanol–water partition coefficient (Wildman–Crippen LogP) is 4.65. The molecule has 20 heavy (non-hydrogen) atoms. The molecule has 1 unspecified atom stereocenters. The summed E-state index contributed by atoms with van der Waals surface area (Å²) in [6.45, 7) is 3.63. The molecule has 0 aromatic heterocycles. The number of aryl methyl sites for hydroxylation is 2. The van der Waals surface area contributed by atoms with Crippen LogP contribution in [-0.4, -0.2) is 7.05 Å². The molecular weight excluding hydrogens is 324 g/mol. The van der Waals surface area contributed by atoms with E-state index in [1.54, 1.807) is 20.0 Å². The largest absolute Gasteiger partial charge is 0.309 e. The SMILES string of the molecule is CNC(c1cc(C)c(F)cc1F)c1ccc(C)cc1Br. The number of benzene rings is 2. The number of halogens is 3. The van der Waals surface area contributed by atoms with Gasteiger partial charge in [0.25, 0.3) is 0 Å². The van der Waals surface area contributed by atoms with Gasteiger partial charge < -0.3 is 5.32 Å². The van der Waals surface area contributed by atoms with Crippen molar-refractivity contribution >= 4 is 15.9 Å². The second kappa shape index (κ2) is 6.02. The quantitative estimate of drug-likeness (QED) is 0.857. The van der Waals surface area contributed by atoms with Crippen LogP contribution in [0.1, 0.15) is 28.3 Å². The van der Waals surface area contributed by atoms with Crippen molar-refractivity contribution in [3.05, 3.63) is 68.7 Å². The molecule has 0 aliphatic carbocycles. The van der Waals surface area contributed by atoms with Crippen LogP contribution >= 0.6 is 15.9 Å². The molecule has 0 heterocycles. The van der Waals surface area contributed by atoms with Crippen LogP contribution in [0.2, 0.25) is 0 Å². The third-order valence-electron chi connectivity index (χ3n) is 3.34. The molecule has 1 N–H and O–H groups in total. The third kappa shape index (κ3) is 2.91. The predicted molar refractivity (Wildman–Crippen MR) is 80.9 cm³/mol. The molecule has 0 amide bonds. The van der Waals surface area contributed by atoms with Crippen molar-refractivity contribution in [3.8, 4) is 0 Å². The number of hydrogen-bond acceptors (Lipinski definition) is 1. The maximum absolute atomic E-state index is 14.1. The molecule has 2 rings (SSSR count). The summed E-state index contributed by atoms with van der Waals surface area (Å²) in [6.07, 6.45) is 0. The Balaban J connectivity index is 2.55. The zero-order valence-corrected chi connectivity index (χ0v) is 13.2. The summed E-state index contributed by atoms with van der Waals surface area (Å²) in [7, 11) is 1.76. The highest BCUT2D eigenvalue weighted by atomic mass is 79.9. The molecule has 0 fully saturated rings. The normalized spacial score (nSPS) is 12.5. The van der Waals surface area contributed by atoms with E-state index in [2.05, 4.69) is 21.2 Å². The van der Waals surface area contributed by atoms with Crippen molar-refractivity contribution in [1.29, 1.82) is 0 Å². The van der Waals surface area contributed by atoms with E-state index in [0.717, 1.165) is 21.7 Å². The first kappa shape index (κ1) is 15.1. The summed E-state index contributed by atoms with van der Waals surface area (Å²) < 4.78 is 28.4. The smallest absolute Gasteiger partial charge is 0.131 e. The maximum atomic E-state index is 14.1. The highest BCUT2D eigenvalue weighted by Gasteiger charge is 2.20. The first-order valence-corrected chi connectivity index (χ1v) is 7.12. The lowest BCUT2D eigenvalue weighted by molar-refractivity contribution is 0.547. The summed E-state index contributed by atoms with van der Waals surface area (Å²) in [5, 5.41) is 3.09. The van der Waals surface area contributed by atoms with E-state index in [1.807, 2.05) is 25.1 Å². The Morgan fingerprint density at radius 3 is 2.30 bits per heavy atom. The standard InChI is InChI=1S/C16H16BrF2N/c1-9-4-5-11(13(17)6-9)16(20-3)12-7-10(2)14(18)8-15(12)19/h4-8,16,20H,1-3H3. The van der Waals surface area contributed by atoms with Crippen LogP contribution in [0, 0.1) is 25.5 Å². The monoisotopic (exact) mass is 339 g/mol. The zero-order valence-electron chi connectivity index (χ0n) is 11.6. The number of nitrogens with one attached hydrogen (secondary N) is 1. The summed E-state index contributed by atoms with van der Waals surface area (Å²) in [4.78, 5) is 0. The summed E-state index contributed by atoms with van der Waals surface area (Å²) >= 11 is 3.51. The van der Waals surface area contributed by atoms with Gasteiger partial charge in [0.15, 0.2) is 0 Å². The van der Waals surface area contributed by atoms with Gasteiger partial charge in [-0.05, 0) is 49.7 Å². The Morgan fingerprint density at radius 2 is 1.70 bits per heavy atom. The molecule has 2 aromatic carbocycles. The molecule has 1 nitrogen and oxygen atoms in total. The minimum Gasteiger partial charge on any atom is -0.309 e. The first-order valence-electron chi connectivity index (χ1n) is 6.33. The van der Waals surface area contributed by atoms with E-state index >= 15 is 0 Å². The van der Waals surface area contributed by atoms with Crippen LogP contribution in [0.4, 0.5) is 8.78 Å². The average Bonchev–Trinajstić information content (AvgIpc) is 2.38. The molecular formula is C16H16BrF2N. The van der Waals surface area contributed by atoms with Gasteiger partial charge >= 0.3 is 0 Å². The molecule has 0 aliphatic heterocycles. The maximum Gasteiger partial charge on any atom is 0.131 e. The highest BCUT2D eigenvalue weighted by molar-refractivity contribution is 9.10. The Labute approximate surface area is 126 Å². The Morgan fingerprint density at radius 1 is 1.00 bits per heavy atom. The number of rotatable bonds is 3. The van der Waals surface area contributed by atoms with Gasteiger partial charge in [-0.15, -0.1) is 0 Å². The second-order valence-corrected chi connectivity index (χ2v) is 5.72. The molecule has 1 atom stereocenters. The summed E-state index contributed by atoms with van der Waals surface area (Å²) in [6, 6.07) is 8.06. The van der Waals surface area contributed by atoms with Gasteiger partial charge in [-0.1, -0.05) is 28.1 Å². The van der Waals surface area contributed by atoms with Gasteiger partial charge in [0, 0.05) is 16.1 Å². The third-order valence-corrected chi connectivity index (χ3v) is 4.03. The van der Waals surface area contributed by atoms with Gasteiger partial charge in [0.05, 0.1) is 6.04 Å². The van der Waals surface area contributed by atoms with Crippen LogP contribution in [0.25, 0.3) is 0 Å². The Bertz CT molecular complexity index is 641. The van der Waals surface area contributed by atoms with E-state index in [0.29, 0.717) is 11.1 Å². The minimum absolute atomic E-state index is 0.329. The minimum atomic E-state index is -0.542. The molecule has 0 bridgehead atoms. The fourth-order valence-corrected chi connectivity index (χ4v) is 2.97. The molecule has 0 saturated carbocycles. The van der Waals surface area contributed by atoms with Crippen molar-refractivity contribution in [3.63, 3.8) is 0 Å². The molecule has 0 spiro atoms. The Kier molecular flexibility index (Phi) is 4.55. The van der Waals surface area contributed by atoms with Gasteiger partial charge in [0.2, 0.25) is 0 Å². The van der Waals surface area contributed by atoms with Gasteiger partial charge in [-0.25, -0.2) is 8.78 Å². The summed E-state index contributed by atoms with van der Waals surface area (Å²) in [5.74, 6) is -1.07. The van der Waals surface area contributed by atoms with E-state index in [1.165, 1.54) is 0 Å². The van der Waals surface area contributed by atoms with Crippen LogP contribution < -0.4 is 5.32 Å². The van der Waals surface area contributed by atoms with Crippen molar-refractivity contribution in [2.24, 2.45) is 0 Å². The fraction of sp³-hybridized carbons (Fsp3) is 0.250. The summed E-state index contributed by atoms with van der Waals surface area (Å²) in [5.41, 5.74) is 2.91. The van der Waals surface area contributed by atoms with Gasteiger partial charge in [-0.2, -0.15) is 0 Å². The molecule has 4 heteroatoms. The van der Waals surface area contributed by atoms with E-state index in [9.17, 15) is 8.78 Å². The molecule has 2 aromatic rings. The van der Waals surface area contributed by atoms with Crippen LogP contribution in [0.5, 0.6) is 0 Å². The van der Waals surface area contributed by atoms with E-state index in [4.69, 9.17) is 0 Å². The van der Waals surface area contributed by atoms with Gasteiger partial charge in [0.1, 0.15) is 11.6 Å². The van der Waals surface area contributed by atoms with Gasteiger partial charge in [-0.3, -0.25) is 0 Å². The van der Waals surface area contributed by atoms with Crippen LogP contribution in [-0.2, 0) is 0 Å². The highest BCUT2D eigenvalue weighted by Crippen LogP contribution is 2.31. The van der Waals surface area contributed by atoms with E-state index in [-0.39, 0.29) is 6.04 Å². The van der Waals surface area contributed by atoms with Crippen molar-refractivity contribution in [2.75, 3.05) is 7.05 Å². The lowest BCUT2D eigenvalue weighted by atomic mass is 9.96. The zero-order chi connectivity index (χ0) is 14.9. The average molecular weight is 340 g/mol. The van der Waals surface area contributed by atoms with Crippen molar-refractivity contribution in [2.45, 2.75) is 19.9 Å². The molecule has 106 valence electrons.